The van der Waals surface area contributed by atoms with Gasteiger partial charge in [-0.2, -0.15) is 4.31 Å². The smallest absolute Gasteiger partial charge is 0.214 e. The maximum atomic E-state index is 11.9. The first-order valence-electron chi connectivity index (χ1n) is 5.75. The molecule has 0 bridgehead atoms. The number of hydrogen-bond acceptors (Lipinski definition) is 3. The Morgan fingerprint density at radius 3 is 2.81 bits per heavy atom. The van der Waals surface area contributed by atoms with Crippen molar-refractivity contribution < 1.29 is 13.2 Å². The molecule has 0 aliphatic carbocycles. The van der Waals surface area contributed by atoms with E-state index in [0.717, 1.165) is 12.8 Å². The summed E-state index contributed by atoms with van der Waals surface area (Å²) in [5, 5.41) is 0. The average Bonchev–Trinajstić information content (AvgIpc) is 2.29. The lowest BCUT2D eigenvalue weighted by atomic mass is 10.2. The van der Waals surface area contributed by atoms with E-state index in [1.54, 1.807) is 4.31 Å². The fraction of sp³-hybridized carbons (Fsp3) is 1.00. The molecular weight excluding hydrogens is 250 g/mol. The number of halogens is 1. The number of ether oxygens (including phenoxy) is 1. The zero-order chi connectivity index (χ0) is 12.0. The lowest BCUT2D eigenvalue weighted by molar-refractivity contribution is -0.00277. The molecule has 0 amide bonds. The van der Waals surface area contributed by atoms with E-state index in [1.807, 2.05) is 6.92 Å². The molecular formula is C10H20ClNO3S. The van der Waals surface area contributed by atoms with Crippen molar-refractivity contribution in [2.75, 3.05) is 31.3 Å². The van der Waals surface area contributed by atoms with E-state index in [-0.39, 0.29) is 11.9 Å². The first-order valence-corrected chi connectivity index (χ1v) is 7.90. The minimum atomic E-state index is -3.10. The highest BCUT2D eigenvalue weighted by atomic mass is 35.5. The summed E-state index contributed by atoms with van der Waals surface area (Å²) in [6.45, 7) is 3.50. The van der Waals surface area contributed by atoms with E-state index in [4.69, 9.17) is 16.3 Å². The summed E-state index contributed by atoms with van der Waals surface area (Å²) in [4.78, 5) is 0. The first-order chi connectivity index (χ1) is 7.60. The Bertz CT molecular complexity index is 294. The number of nitrogens with zero attached hydrogens (tertiary/aromatic N) is 1. The van der Waals surface area contributed by atoms with E-state index in [2.05, 4.69) is 0 Å². The van der Waals surface area contributed by atoms with Crippen molar-refractivity contribution in [3.05, 3.63) is 0 Å². The van der Waals surface area contributed by atoms with E-state index >= 15 is 0 Å². The lowest BCUT2D eigenvalue weighted by Gasteiger charge is -2.31. The molecule has 0 saturated carbocycles. The fourth-order valence-electron chi connectivity index (χ4n) is 1.70. The van der Waals surface area contributed by atoms with Crippen LogP contribution in [-0.2, 0) is 14.8 Å². The molecule has 16 heavy (non-hydrogen) atoms. The van der Waals surface area contributed by atoms with Crippen molar-refractivity contribution in [1.29, 1.82) is 0 Å². The van der Waals surface area contributed by atoms with Crippen molar-refractivity contribution >= 4 is 21.6 Å². The maximum Gasteiger partial charge on any atom is 0.214 e. The Morgan fingerprint density at radius 1 is 1.44 bits per heavy atom. The van der Waals surface area contributed by atoms with Gasteiger partial charge in [-0.1, -0.05) is 6.92 Å². The molecule has 6 heteroatoms. The summed E-state index contributed by atoms with van der Waals surface area (Å²) in [6, 6.07) is 0. The SMILES string of the molecule is CCC1CN(S(=O)(=O)CCCCCl)CCO1. The molecule has 0 aromatic rings. The number of sulfonamides is 1. The molecule has 1 fully saturated rings. The van der Waals surface area contributed by atoms with Crippen molar-refractivity contribution in [2.45, 2.75) is 32.3 Å². The third kappa shape index (κ3) is 4.20. The lowest BCUT2D eigenvalue weighted by Crippen LogP contribution is -2.46. The Morgan fingerprint density at radius 2 is 2.19 bits per heavy atom. The van der Waals surface area contributed by atoms with Gasteiger partial charge in [-0.15, -0.1) is 11.6 Å². The van der Waals surface area contributed by atoms with E-state index in [1.165, 1.54) is 0 Å². The molecule has 1 aliphatic heterocycles. The van der Waals surface area contributed by atoms with Crippen LogP contribution in [0.2, 0.25) is 0 Å². The summed E-state index contributed by atoms with van der Waals surface area (Å²) >= 11 is 5.53. The van der Waals surface area contributed by atoms with Gasteiger partial charge in [0, 0.05) is 19.0 Å². The Hall–Kier alpha value is 0.160. The topological polar surface area (TPSA) is 46.6 Å². The molecule has 1 unspecified atom stereocenters. The predicted octanol–water partition coefficient (Wildman–Crippen LogP) is 1.45. The Balaban J connectivity index is 2.47. The number of alkyl halides is 1. The number of morpholine rings is 1. The number of rotatable bonds is 6. The zero-order valence-electron chi connectivity index (χ0n) is 9.69. The van der Waals surface area contributed by atoms with Crippen LogP contribution >= 0.6 is 11.6 Å². The van der Waals surface area contributed by atoms with Crippen molar-refractivity contribution in [3.63, 3.8) is 0 Å². The van der Waals surface area contributed by atoms with Crippen molar-refractivity contribution in [2.24, 2.45) is 0 Å². The van der Waals surface area contributed by atoms with Crippen LogP contribution in [0, 0.1) is 0 Å². The van der Waals surface area contributed by atoms with Gasteiger partial charge in [-0.25, -0.2) is 8.42 Å². The fourth-order valence-corrected chi connectivity index (χ4v) is 3.46. The van der Waals surface area contributed by atoms with Crippen LogP contribution in [0.3, 0.4) is 0 Å². The van der Waals surface area contributed by atoms with Crippen LogP contribution in [0.1, 0.15) is 26.2 Å². The number of unbranched alkanes of at least 4 members (excludes halogenated alkanes) is 1. The summed E-state index contributed by atoms with van der Waals surface area (Å²) in [7, 11) is -3.10. The quantitative estimate of drug-likeness (QED) is 0.542. The molecule has 1 rings (SSSR count). The molecule has 1 heterocycles. The minimum absolute atomic E-state index is 0.0524. The van der Waals surface area contributed by atoms with Crippen molar-refractivity contribution in [1.82, 2.24) is 4.31 Å². The molecule has 1 atom stereocenters. The molecule has 4 nitrogen and oxygen atoms in total. The van der Waals surface area contributed by atoms with Gasteiger partial charge in [0.1, 0.15) is 0 Å². The summed E-state index contributed by atoms with van der Waals surface area (Å²) < 4.78 is 30.9. The van der Waals surface area contributed by atoms with Gasteiger partial charge < -0.3 is 4.74 Å². The second kappa shape index (κ2) is 6.79. The summed E-state index contributed by atoms with van der Waals surface area (Å²) in [6.07, 6.45) is 2.30. The third-order valence-electron chi connectivity index (χ3n) is 2.74. The van der Waals surface area contributed by atoms with Gasteiger partial charge in [0.25, 0.3) is 0 Å². The monoisotopic (exact) mass is 269 g/mol. The highest BCUT2D eigenvalue weighted by Gasteiger charge is 2.27. The van der Waals surface area contributed by atoms with E-state index in [9.17, 15) is 8.42 Å². The Labute approximate surface area is 103 Å². The molecule has 0 N–H and O–H groups in total. The van der Waals surface area contributed by atoms with Crippen LogP contribution < -0.4 is 0 Å². The second-order valence-electron chi connectivity index (χ2n) is 3.97. The standard InChI is InChI=1S/C10H20ClNO3S/c1-2-10-9-12(6-7-15-10)16(13,14)8-4-3-5-11/h10H,2-9H2,1H3. The van der Waals surface area contributed by atoms with Gasteiger partial charge >= 0.3 is 0 Å². The molecule has 0 radical (unpaired) electrons. The van der Waals surface area contributed by atoms with Crippen molar-refractivity contribution in [3.8, 4) is 0 Å². The van der Waals surface area contributed by atoms with E-state index in [0.29, 0.717) is 32.0 Å². The molecule has 0 aromatic carbocycles. The average molecular weight is 270 g/mol. The van der Waals surface area contributed by atoms with Crippen LogP contribution in [0.25, 0.3) is 0 Å². The number of hydrogen-bond donors (Lipinski definition) is 0. The largest absolute Gasteiger partial charge is 0.375 e. The highest BCUT2D eigenvalue weighted by molar-refractivity contribution is 7.89. The van der Waals surface area contributed by atoms with E-state index < -0.39 is 10.0 Å². The summed E-state index contributed by atoms with van der Waals surface area (Å²) in [5.74, 6) is 0.729. The van der Waals surface area contributed by atoms with Gasteiger partial charge in [-0.05, 0) is 19.3 Å². The summed E-state index contributed by atoms with van der Waals surface area (Å²) in [5.41, 5.74) is 0. The van der Waals surface area contributed by atoms with Crippen LogP contribution in [0.4, 0.5) is 0 Å². The minimum Gasteiger partial charge on any atom is -0.375 e. The predicted molar refractivity (Wildman–Crippen MR) is 65.3 cm³/mol. The molecule has 96 valence electrons. The highest BCUT2D eigenvalue weighted by Crippen LogP contribution is 2.13. The van der Waals surface area contributed by atoms with Crippen LogP contribution in [-0.4, -0.2) is 50.2 Å². The second-order valence-corrected chi connectivity index (χ2v) is 6.44. The van der Waals surface area contributed by atoms with Crippen LogP contribution in [0.5, 0.6) is 0 Å². The molecule has 0 spiro atoms. The zero-order valence-corrected chi connectivity index (χ0v) is 11.3. The van der Waals surface area contributed by atoms with Gasteiger partial charge in [0.2, 0.25) is 10.0 Å². The van der Waals surface area contributed by atoms with Crippen LogP contribution in [0.15, 0.2) is 0 Å². The maximum absolute atomic E-state index is 11.9. The third-order valence-corrected chi connectivity index (χ3v) is 4.93. The normalized spacial score (nSPS) is 23.5. The Kier molecular flexibility index (Phi) is 6.03. The molecule has 1 aliphatic rings. The molecule has 1 saturated heterocycles. The van der Waals surface area contributed by atoms with Gasteiger partial charge in [-0.3, -0.25) is 0 Å². The first kappa shape index (κ1) is 14.2. The molecule has 0 aromatic heterocycles. The van der Waals surface area contributed by atoms with Gasteiger partial charge in [0.15, 0.2) is 0 Å². The van der Waals surface area contributed by atoms with Gasteiger partial charge in [0.05, 0.1) is 18.5 Å².